The van der Waals surface area contributed by atoms with E-state index in [9.17, 15) is 5.11 Å². The fourth-order valence-corrected chi connectivity index (χ4v) is 1.89. The fourth-order valence-electron chi connectivity index (χ4n) is 1.89. The van der Waals surface area contributed by atoms with Crippen molar-refractivity contribution in [2.24, 2.45) is 0 Å². The summed E-state index contributed by atoms with van der Waals surface area (Å²) >= 11 is 0. The fraction of sp³-hybridized carbons (Fsp3) is 0.286. The lowest BCUT2D eigenvalue weighted by Crippen LogP contribution is -2.20. The van der Waals surface area contributed by atoms with Crippen LogP contribution in [0.25, 0.3) is 0 Å². The lowest BCUT2D eigenvalue weighted by molar-refractivity contribution is 0.440. The molecule has 0 bridgehead atoms. The first kappa shape index (κ1) is 11.7. The van der Waals surface area contributed by atoms with Crippen molar-refractivity contribution in [1.29, 1.82) is 0 Å². The average molecular weight is 231 g/mol. The summed E-state index contributed by atoms with van der Waals surface area (Å²) in [6.45, 7) is 2.84. The summed E-state index contributed by atoms with van der Waals surface area (Å²) in [7, 11) is 0. The van der Waals surface area contributed by atoms with Gasteiger partial charge in [-0.25, -0.2) is 0 Å². The van der Waals surface area contributed by atoms with Gasteiger partial charge >= 0.3 is 0 Å². The van der Waals surface area contributed by atoms with Crippen molar-refractivity contribution in [3.63, 3.8) is 0 Å². The van der Waals surface area contributed by atoms with Gasteiger partial charge in [-0.05, 0) is 18.6 Å². The van der Waals surface area contributed by atoms with E-state index in [1.807, 2.05) is 24.3 Å². The topological polar surface area (TPSA) is 45.4 Å². The molecular formula is C14H17NO2. The molecule has 3 heteroatoms. The molecule has 1 heterocycles. The number of aromatic hydroxyl groups is 1. The molecule has 1 unspecified atom stereocenters. The van der Waals surface area contributed by atoms with Gasteiger partial charge in [-0.1, -0.05) is 25.1 Å². The van der Waals surface area contributed by atoms with Crippen molar-refractivity contribution in [1.82, 2.24) is 5.32 Å². The number of hydrogen-bond acceptors (Lipinski definition) is 3. The number of para-hydroxylation sites is 1. The lowest BCUT2D eigenvalue weighted by Gasteiger charge is -2.18. The molecule has 0 saturated carbocycles. The molecule has 0 radical (unpaired) electrons. The van der Waals surface area contributed by atoms with Gasteiger partial charge < -0.3 is 14.8 Å². The summed E-state index contributed by atoms with van der Waals surface area (Å²) in [4.78, 5) is 0. The van der Waals surface area contributed by atoms with E-state index in [4.69, 9.17) is 4.42 Å². The minimum Gasteiger partial charge on any atom is -0.508 e. The quantitative estimate of drug-likeness (QED) is 0.830. The van der Waals surface area contributed by atoms with E-state index in [1.54, 1.807) is 18.6 Å². The van der Waals surface area contributed by atoms with Crippen molar-refractivity contribution < 1.29 is 9.52 Å². The number of rotatable bonds is 5. The lowest BCUT2D eigenvalue weighted by atomic mass is 10.0. The molecule has 0 aliphatic carbocycles. The van der Waals surface area contributed by atoms with E-state index >= 15 is 0 Å². The molecule has 1 aromatic heterocycles. The number of benzene rings is 1. The molecule has 1 atom stereocenters. The molecule has 0 aliphatic heterocycles. The SMILES string of the molecule is CCC(NCc1ccoc1)c1ccccc1O. The number of hydrogen-bond donors (Lipinski definition) is 2. The van der Waals surface area contributed by atoms with Gasteiger partial charge in [0.2, 0.25) is 0 Å². The van der Waals surface area contributed by atoms with Crippen LogP contribution in [0.1, 0.15) is 30.5 Å². The van der Waals surface area contributed by atoms with Gasteiger partial charge in [-0.3, -0.25) is 0 Å². The van der Waals surface area contributed by atoms with E-state index in [0.29, 0.717) is 5.75 Å². The standard InChI is InChI=1S/C14H17NO2/c1-2-13(12-5-3-4-6-14(12)16)15-9-11-7-8-17-10-11/h3-8,10,13,15-16H,2,9H2,1H3. The van der Waals surface area contributed by atoms with E-state index in [1.165, 1.54) is 0 Å². The summed E-state index contributed by atoms with van der Waals surface area (Å²) in [6.07, 6.45) is 4.32. The molecule has 2 aromatic rings. The molecule has 90 valence electrons. The van der Waals surface area contributed by atoms with E-state index in [0.717, 1.165) is 24.1 Å². The summed E-state index contributed by atoms with van der Waals surface area (Å²) in [5, 5.41) is 13.2. The Morgan fingerprint density at radius 3 is 2.76 bits per heavy atom. The monoisotopic (exact) mass is 231 g/mol. The van der Waals surface area contributed by atoms with E-state index in [-0.39, 0.29) is 6.04 Å². The summed E-state index contributed by atoms with van der Waals surface area (Å²) in [5.74, 6) is 0.346. The Bertz CT molecular complexity index is 451. The molecule has 3 nitrogen and oxygen atoms in total. The third-order valence-electron chi connectivity index (χ3n) is 2.85. The van der Waals surface area contributed by atoms with E-state index in [2.05, 4.69) is 12.2 Å². The molecular weight excluding hydrogens is 214 g/mol. The predicted octanol–water partition coefficient (Wildman–Crippen LogP) is 3.23. The zero-order chi connectivity index (χ0) is 12.1. The number of phenolic OH excluding ortho intramolecular Hbond substituents is 1. The summed E-state index contributed by atoms with van der Waals surface area (Å²) in [5.41, 5.74) is 2.05. The van der Waals surface area contributed by atoms with Crippen LogP contribution >= 0.6 is 0 Å². The van der Waals surface area contributed by atoms with Gasteiger partial charge in [0.15, 0.2) is 0 Å². The number of furan rings is 1. The van der Waals surface area contributed by atoms with Crippen LogP contribution in [0.3, 0.4) is 0 Å². The van der Waals surface area contributed by atoms with Gasteiger partial charge in [-0.2, -0.15) is 0 Å². The van der Waals surface area contributed by atoms with Crippen molar-refractivity contribution in [3.8, 4) is 5.75 Å². The normalized spacial score (nSPS) is 12.5. The average Bonchev–Trinajstić information content (AvgIpc) is 2.85. The third kappa shape index (κ3) is 2.88. The molecule has 2 rings (SSSR count). The minimum atomic E-state index is 0.158. The second-order valence-corrected chi connectivity index (χ2v) is 4.03. The van der Waals surface area contributed by atoms with Gasteiger partial charge in [0.25, 0.3) is 0 Å². The van der Waals surface area contributed by atoms with Gasteiger partial charge in [0.05, 0.1) is 12.5 Å². The van der Waals surface area contributed by atoms with Crippen molar-refractivity contribution >= 4 is 0 Å². The van der Waals surface area contributed by atoms with Crippen molar-refractivity contribution in [2.45, 2.75) is 25.9 Å². The maximum atomic E-state index is 9.81. The van der Waals surface area contributed by atoms with Crippen LogP contribution in [0.2, 0.25) is 0 Å². The predicted molar refractivity (Wildman–Crippen MR) is 66.7 cm³/mol. The van der Waals surface area contributed by atoms with Gasteiger partial charge in [0, 0.05) is 23.7 Å². The second-order valence-electron chi connectivity index (χ2n) is 4.03. The Morgan fingerprint density at radius 1 is 1.29 bits per heavy atom. The number of nitrogens with one attached hydrogen (secondary N) is 1. The van der Waals surface area contributed by atoms with Crippen LogP contribution in [0.5, 0.6) is 5.75 Å². The Balaban J connectivity index is 2.04. The first-order valence-corrected chi connectivity index (χ1v) is 5.83. The zero-order valence-electron chi connectivity index (χ0n) is 9.89. The van der Waals surface area contributed by atoms with Crippen LogP contribution in [0.4, 0.5) is 0 Å². The Kier molecular flexibility index (Phi) is 3.83. The van der Waals surface area contributed by atoms with E-state index < -0.39 is 0 Å². The highest BCUT2D eigenvalue weighted by molar-refractivity contribution is 5.34. The zero-order valence-corrected chi connectivity index (χ0v) is 9.89. The molecule has 0 saturated heterocycles. The highest BCUT2D eigenvalue weighted by atomic mass is 16.3. The maximum Gasteiger partial charge on any atom is 0.120 e. The maximum absolute atomic E-state index is 9.81. The highest BCUT2D eigenvalue weighted by Gasteiger charge is 2.12. The first-order chi connectivity index (χ1) is 8.31. The Labute approximate surface area is 101 Å². The molecule has 0 amide bonds. The molecule has 0 spiro atoms. The molecule has 2 N–H and O–H groups in total. The third-order valence-corrected chi connectivity index (χ3v) is 2.85. The van der Waals surface area contributed by atoms with Gasteiger partial charge in [-0.15, -0.1) is 0 Å². The molecule has 0 fully saturated rings. The highest BCUT2D eigenvalue weighted by Crippen LogP contribution is 2.25. The van der Waals surface area contributed by atoms with Crippen LogP contribution < -0.4 is 5.32 Å². The molecule has 0 aliphatic rings. The van der Waals surface area contributed by atoms with Crippen molar-refractivity contribution in [3.05, 3.63) is 54.0 Å². The summed E-state index contributed by atoms with van der Waals surface area (Å²) in [6, 6.07) is 9.54. The minimum absolute atomic E-state index is 0.158. The van der Waals surface area contributed by atoms with Crippen LogP contribution in [0.15, 0.2) is 47.3 Å². The Morgan fingerprint density at radius 2 is 2.12 bits per heavy atom. The van der Waals surface area contributed by atoms with Crippen LogP contribution in [0, 0.1) is 0 Å². The van der Waals surface area contributed by atoms with Gasteiger partial charge in [0.1, 0.15) is 5.75 Å². The van der Waals surface area contributed by atoms with Crippen LogP contribution in [-0.4, -0.2) is 5.11 Å². The second kappa shape index (κ2) is 5.55. The summed E-state index contributed by atoms with van der Waals surface area (Å²) < 4.78 is 5.02. The van der Waals surface area contributed by atoms with Crippen LogP contribution in [-0.2, 0) is 6.54 Å². The molecule has 17 heavy (non-hydrogen) atoms. The first-order valence-electron chi connectivity index (χ1n) is 5.83. The number of phenols is 1. The molecule has 1 aromatic carbocycles. The van der Waals surface area contributed by atoms with Crippen molar-refractivity contribution in [2.75, 3.05) is 0 Å². The smallest absolute Gasteiger partial charge is 0.120 e. The Hall–Kier alpha value is -1.74. The largest absolute Gasteiger partial charge is 0.508 e.